The van der Waals surface area contributed by atoms with E-state index in [1.165, 1.54) is 18.2 Å². The van der Waals surface area contributed by atoms with Gasteiger partial charge in [-0.1, -0.05) is 17.9 Å². The van der Waals surface area contributed by atoms with Crippen LogP contribution in [0.2, 0.25) is 0 Å². The number of ether oxygens (including phenoxy) is 1. The molecule has 0 saturated heterocycles. The highest BCUT2D eigenvalue weighted by Crippen LogP contribution is 2.45. The van der Waals surface area contributed by atoms with Gasteiger partial charge in [-0.05, 0) is 101 Å². The van der Waals surface area contributed by atoms with Crippen LogP contribution < -0.4 is 27.7 Å². The Morgan fingerprint density at radius 3 is 1.93 bits per heavy atom. The predicted molar refractivity (Wildman–Crippen MR) is 164 cm³/mol. The molecule has 12 heteroatoms. The van der Waals surface area contributed by atoms with Crippen LogP contribution in [0.25, 0.3) is 27.8 Å². The molecule has 0 bridgehead atoms. The maximum absolute atomic E-state index is 14.0. The van der Waals surface area contributed by atoms with E-state index in [0.29, 0.717) is 42.5 Å². The zero-order chi connectivity index (χ0) is 32.8. The molecular weight excluding hydrogens is 596 g/mol. The molecule has 0 heterocycles. The molecule has 1 aliphatic carbocycles. The lowest BCUT2D eigenvalue weighted by Gasteiger charge is -2.16. The summed E-state index contributed by atoms with van der Waals surface area (Å²) in [4.78, 5) is 3.89. The zero-order valence-corrected chi connectivity index (χ0v) is 24.2. The number of nitrogens with zero attached hydrogens (tertiary/aromatic N) is 1. The summed E-state index contributed by atoms with van der Waals surface area (Å²) in [5.41, 5.74) is 22.3. The van der Waals surface area contributed by atoms with Crippen molar-refractivity contribution in [2.45, 2.75) is 31.6 Å². The molecule has 1 atom stereocenters. The molecule has 1 unspecified atom stereocenters. The minimum Gasteiger partial charge on any atom is -0.493 e. The van der Waals surface area contributed by atoms with Gasteiger partial charge in [-0.2, -0.15) is 26.3 Å². The van der Waals surface area contributed by atoms with Crippen molar-refractivity contribution < 1.29 is 31.1 Å². The van der Waals surface area contributed by atoms with Gasteiger partial charge in [0.25, 0.3) is 0 Å². The minimum absolute atomic E-state index is 0.00862. The minimum atomic E-state index is -4.67. The monoisotopic (exact) mass is 629 g/mol. The Kier molecular flexibility index (Phi) is 10.5. The molecule has 0 saturated carbocycles. The molecule has 0 spiro atoms. The van der Waals surface area contributed by atoms with Crippen LogP contribution in [0.15, 0.2) is 65.7 Å². The van der Waals surface area contributed by atoms with E-state index in [0.717, 1.165) is 29.8 Å². The zero-order valence-electron chi connectivity index (χ0n) is 24.2. The Bertz CT molecular complexity index is 1650. The van der Waals surface area contributed by atoms with Gasteiger partial charge >= 0.3 is 12.4 Å². The van der Waals surface area contributed by atoms with Crippen LogP contribution in [-0.2, 0) is 12.4 Å². The molecular formula is C33H33F6N5O. The van der Waals surface area contributed by atoms with Crippen LogP contribution in [0.4, 0.5) is 26.3 Å². The first-order valence-electron chi connectivity index (χ1n) is 14.2. The number of guanidine groups is 1. The second kappa shape index (κ2) is 14.1. The summed E-state index contributed by atoms with van der Waals surface area (Å²) in [6.45, 7) is 1.04. The lowest BCUT2D eigenvalue weighted by molar-refractivity contribution is -0.138. The maximum atomic E-state index is 14.0. The predicted octanol–water partition coefficient (Wildman–Crippen LogP) is 6.16. The second-order valence-corrected chi connectivity index (χ2v) is 10.5. The van der Waals surface area contributed by atoms with Gasteiger partial charge in [0.1, 0.15) is 5.75 Å². The molecule has 0 radical (unpaired) electrons. The molecule has 4 rings (SSSR count). The molecule has 3 aromatic carbocycles. The average molecular weight is 630 g/mol. The number of benzene rings is 3. The van der Waals surface area contributed by atoms with Crippen LogP contribution >= 0.6 is 0 Å². The summed E-state index contributed by atoms with van der Waals surface area (Å²) >= 11 is 0. The molecule has 1 aliphatic rings. The number of rotatable bonds is 11. The van der Waals surface area contributed by atoms with E-state index >= 15 is 0 Å². The fourth-order valence-electron chi connectivity index (χ4n) is 4.77. The van der Waals surface area contributed by atoms with E-state index in [9.17, 15) is 26.3 Å². The van der Waals surface area contributed by atoms with E-state index in [-0.39, 0.29) is 54.0 Å². The number of hydrogen-bond donors (Lipinski definition) is 4. The molecule has 0 aliphatic heterocycles. The Morgan fingerprint density at radius 1 is 0.756 bits per heavy atom. The molecule has 0 aromatic heterocycles. The van der Waals surface area contributed by atoms with Crippen molar-refractivity contribution in [3.8, 4) is 39.8 Å². The van der Waals surface area contributed by atoms with E-state index in [1.807, 2.05) is 6.08 Å². The summed E-state index contributed by atoms with van der Waals surface area (Å²) in [5, 5.41) is 0. The smallest absolute Gasteiger partial charge is 0.416 e. The van der Waals surface area contributed by atoms with Crippen molar-refractivity contribution in [2.75, 3.05) is 26.2 Å². The number of hydrogen-bond acceptors (Lipinski definition) is 4. The van der Waals surface area contributed by atoms with E-state index in [1.54, 1.807) is 12.1 Å². The molecule has 0 fully saturated rings. The van der Waals surface area contributed by atoms with Gasteiger partial charge in [0.05, 0.1) is 17.7 Å². The largest absolute Gasteiger partial charge is 0.493 e. The van der Waals surface area contributed by atoms with Gasteiger partial charge in [0, 0.05) is 37.4 Å². The van der Waals surface area contributed by atoms with E-state index in [4.69, 9.17) is 27.7 Å². The lowest BCUT2D eigenvalue weighted by atomic mass is 9.93. The first kappa shape index (κ1) is 33.4. The Labute approximate surface area is 257 Å². The van der Waals surface area contributed by atoms with Crippen molar-refractivity contribution in [1.29, 1.82) is 0 Å². The molecule has 0 amide bonds. The van der Waals surface area contributed by atoms with Gasteiger partial charge in [-0.15, -0.1) is 0 Å². The highest BCUT2D eigenvalue weighted by atomic mass is 19.4. The summed E-state index contributed by atoms with van der Waals surface area (Å²) in [5.74, 6) is 5.61. The standard InChI is InChI=1S/C33H33F6N5O/c34-32(35,36)27-11-20(4-1-2-6-40)10-22(14-27)24-12-25(18-29(17-24)45-9-3-8-44-31(42)43)23-13-26(30-19-21(30)5-7-41)16-28(15-23)33(37,38)39/h10-19,21H,2-3,5-9,40-41H2,(H4,42,43,44). The second-order valence-electron chi connectivity index (χ2n) is 10.5. The van der Waals surface area contributed by atoms with Gasteiger partial charge < -0.3 is 27.7 Å². The number of allylic oxidation sites excluding steroid dienone is 2. The number of halogens is 6. The number of aliphatic imine (C=N–C) groups is 1. The van der Waals surface area contributed by atoms with Crippen LogP contribution in [0, 0.1) is 17.8 Å². The van der Waals surface area contributed by atoms with Crippen molar-refractivity contribution in [3.63, 3.8) is 0 Å². The fraction of sp³-hybridized carbons (Fsp3) is 0.303. The van der Waals surface area contributed by atoms with Crippen molar-refractivity contribution in [1.82, 2.24) is 0 Å². The third kappa shape index (κ3) is 9.26. The van der Waals surface area contributed by atoms with E-state index < -0.39 is 23.5 Å². The van der Waals surface area contributed by atoms with Gasteiger partial charge in [-0.3, -0.25) is 4.99 Å². The first-order valence-corrected chi connectivity index (χ1v) is 14.2. The van der Waals surface area contributed by atoms with Gasteiger partial charge in [-0.25, -0.2) is 0 Å². The molecule has 238 valence electrons. The normalized spacial score (nSPS) is 14.3. The summed E-state index contributed by atoms with van der Waals surface area (Å²) in [6, 6.07) is 11.8. The maximum Gasteiger partial charge on any atom is 0.416 e. The van der Waals surface area contributed by atoms with Crippen LogP contribution in [0.1, 0.15) is 41.5 Å². The Balaban J connectivity index is 1.85. The topological polar surface area (TPSA) is 126 Å². The number of alkyl halides is 6. The summed E-state index contributed by atoms with van der Waals surface area (Å²) < 4.78 is 89.7. The number of nitrogens with two attached hydrogens (primary N) is 4. The Morgan fingerprint density at radius 2 is 1.33 bits per heavy atom. The fourth-order valence-corrected chi connectivity index (χ4v) is 4.77. The van der Waals surface area contributed by atoms with Crippen molar-refractivity contribution in [2.24, 2.45) is 33.8 Å². The van der Waals surface area contributed by atoms with Gasteiger partial charge in [0.2, 0.25) is 0 Å². The SMILES string of the molecule is NCCC#Cc1cc(-c2cc(OCCCN=C(N)N)cc(-c3cc(C4=CC4CCN)cc(C(F)(F)F)c3)c2)cc(C(F)(F)F)c1. The lowest BCUT2D eigenvalue weighted by Crippen LogP contribution is -2.23. The van der Waals surface area contributed by atoms with E-state index in [2.05, 4.69) is 16.8 Å². The van der Waals surface area contributed by atoms with Crippen molar-refractivity contribution in [3.05, 3.63) is 82.9 Å². The average Bonchev–Trinajstić information content (AvgIpc) is 3.75. The van der Waals surface area contributed by atoms with Crippen molar-refractivity contribution >= 4 is 11.5 Å². The highest BCUT2D eigenvalue weighted by molar-refractivity contribution is 5.84. The van der Waals surface area contributed by atoms with Gasteiger partial charge in [0.15, 0.2) is 5.96 Å². The third-order valence-electron chi connectivity index (χ3n) is 6.94. The van der Waals surface area contributed by atoms with Crippen LogP contribution in [-0.4, -0.2) is 32.2 Å². The van der Waals surface area contributed by atoms with Crippen LogP contribution in [0.5, 0.6) is 5.75 Å². The highest BCUT2D eigenvalue weighted by Gasteiger charge is 2.34. The molecule has 45 heavy (non-hydrogen) atoms. The van der Waals surface area contributed by atoms with Crippen LogP contribution in [0.3, 0.4) is 0 Å². The summed E-state index contributed by atoms with van der Waals surface area (Å²) in [7, 11) is 0. The Hall–Kier alpha value is -4.47. The first-order chi connectivity index (χ1) is 21.3. The summed E-state index contributed by atoms with van der Waals surface area (Å²) in [6.07, 6.45) is -6.13. The quantitative estimate of drug-likeness (QED) is 0.0665. The third-order valence-corrected chi connectivity index (χ3v) is 6.94. The molecule has 8 N–H and O–H groups in total. The molecule has 6 nitrogen and oxygen atoms in total. The molecule has 3 aromatic rings.